The molecule has 1 saturated heterocycles. The molecule has 1 aliphatic carbocycles. The smallest absolute Gasteiger partial charge is 0.219 e. The number of aliphatic hydroxyl groups is 2. The Kier molecular flexibility index (Phi) is 7.79. The molecule has 0 spiro atoms. The second kappa shape index (κ2) is 10.6. The van der Waals surface area contributed by atoms with Gasteiger partial charge in [-0.15, -0.1) is 0 Å². The number of hydrogen-bond donors (Lipinski definition) is 2. The molecule has 1 saturated carbocycles. The van der Waals surface area contributed by atoms with Gasteiger partial charge < -0.3 is 19.8 Å². The molecule has 2 aliphatic rings. The van der Waals surface area contributed by atoms with E-state index in [1.54, 1.807) is 17.9 Å². The predicted molar refractivity (Wildman–Crippen MR) is 133 cm³/mol. The maximum absolute atomic E-state index is 13.6. The van der Waals surface area contributed by atoms with Crippen LogP contribution in [0, 0.1) is 12.7 Å². The highest BCUT2D eigenvalue weighted by atomic mass is 19.1. The molecule has 7 heteroatoms. The maximum atomic E-state index is 13.6. The minimum absolute atomic E-state index is 0.0349. The number of amides is 1. The van der Waals surface area contributed by atoms with Gasteiger partial charge in [0.2, 0.25) is 5.91 Å². The Hall–Kier alpha value is -2.48. The van der Waals surface area contributed by atoms with Crippen molar-refractivity contribution >= 4 is 5.91 Å². The summed E-state index contributed by atoms with van der Waals surface area (Å²) in [5.74, 6) is 0.512. The van der Waals surface area contributed by atoms with Crippen molar-refractivity contribution in [3.63, 3.8) is 0 Å². The first-order chi connectivity index (χ1) is 16.6. The van der Waals surface area contributed by atoms with Crippen LogP contribution in [0.15, 0.2) is 48.5 Å². The molecule has 2 N–H and O–H groups in total. The summed E-state index contributed by atoms with van der Waals surface area (Å²) >= 11 is 0. The van der Waals surface area contributed by atoms with Gasteiger partial charge >= 0.3 is 0 Å². The molecular weight excluding hydrogens is 447 g/mol. The first-order valence-electron chi connectivity index (χ1n) is 12.5. The standard InChI is InChI=1S/C28H37FN2O4/c1-21-16-25(8-9-26(21)29)35-20-28(34)18-30(14-15-31(19-28)22(2)32)17-27(33)12-10-24(11-13-27)23-6-4-3-5-7-23/h3-9,16,24,33-34H,10-15,17-20H2,1-2H3/t24?,27?,28-/m1/s1. The van der Waals surface area contributed by atoms with E-state index in [-0.39, 0.29) is 31.4 Å². The fraction of sp³-hybridized carbons (Fsp3) is 0.536. The van der Waals surface area contributed by atoms with Crippen LogP contribution in [0.3, 0.4) is 0 Å². The molecule has 4 rings (SSSR count). The zero-order chi connectivity index (χ0) is 25.1. The fourth-order valence-corrected chi connectivity index (χ4v) is 5.45. The molecule has 2 fully saturated rings. The Bertz CT molecular complexity index is 1010. The predicted octanol–water partition coefficient (Wildman–Crippen LogP) is 3.50. The second-order valence-corrected chi connectivity index (χ2v) is 10.5. The highest BCUT2D eigenvalue weighted by Gasteiger charge is 2.41. The lowest BCUT2D eigenvalue weighted by Gasteiger charge is -2.40. The van der Waals surface area contributed by atoms with Crippen molar-refractivity contribution in [3.05, 3.63) is 65.5 Å². The van der Waals surface area contributed by atoms with Gasteiger partial charge in [0, 0.05) is 33.1 Å². The monoisotopic (exact) mass is 484 g/mol. The molecule has 0 bridgehead atoms. The number of benzene rings is 2. The second-order valence-electron chi connectivity index (χ2n) is 10.5. The molecule has 0 radical (unpaired) electrons. The zero-order valence-corrected chi connectivity index (χ0v) is 20.8. The minimum Gasteiger partial charge on any atom is -0.490 e. The van der Waals surface area contributed by atoms with Crippen LogP contribution in [0.1, 0.15) is 49.7 Å². The molecule has 190 valence electrons. The minimum atomic E-state index is -1.32. The third kappa shape index (κ3) is 6.60. The normalized spacial score (nSPS) is 27.9. The van der Waals surface area contributed by atoms with Gasteiger partial charge in [0.25, 0.3) is 0 Å². The van der Waals surface area contributed by atoms with E-state index < -0.39 is 11.2 Å². The number of carbonyl (C=O) groups excluding carboxylic acids is 1. The van der Waals surface area contributed by atoms with Gasteiger partial charge in [-0.1, -0.05) is 30.3 Å². The van der Waals surface area contributed by atoms with Gasteiger partial charge in [0.15, 0.2) is 0 Å². The lowest BCUT2D eigenvalue weighted by atomic mass is 9.76. The number of aryl methyl sites for hydroxylation is 1. The van der Waals surface area contributed by atoms with E-state index in [1.165, 1.54) is 24.6 Å². The lowest BCUT2D eigenvalue weighted by Crippen LogP contribution is -2.54. The number of β-amino-alcohol motifs (C(OH)–C–C–N with tert-alkyl or cyclic N) is 2. The quantitative estimate of drug-likeness (QED) is 0.657. The maximum Gasteiger partial charge on any atom is 0.219 e. The van der Waals surface area contributed by atoms with Crippen LogP contribution in [-0.4, -0.2) is 76.5 Å². The third-order valence-corrected chi connectivity index (χ3v) is 7.48. The molecule has 0 aromatic heterocycles. The Morgan fingerprint density at radius 3 is 2.43 bits per heavy atom. The summed E-state index contributed by atoms with van der Waals surface area (Å²) in [6.07, 6.45) is 3.24. The molecule has 0 unspecified atom stereocenters. The highest BCUT2D eigenvalue weighted by Crippen LogP contribution is 2.38. The highest BCUT2D eigenvalue weighted by molar-refractivity contribution is 5.73. The SMILES string of the molecule is CC(=O)N1CCN(CC2(O)CCC(c3ccccc3)CC2)C[C@](O)(COc2ccc(F)c(C)c2)C1. The largest absolute Gasteiger partial charge is 0.490 e. The number of rotatable bonds is 6. The van der Waals surface area contributed by atoms with Crippen molar-refractivity contribution in [1.29, 1.82) is 0 Å². The van der Waals surface area contributed by atoms with Crippen LogP contribution < -0.4 is 4.74 Å². The van der Waals surface area contributed by atoms with E-state index in [9.17, 15) is 19.4 Å². The Labute approximate surface area is 207 Å². The number of carbonyl (C=O) groups is 1. The molecule has 2 aromatic carbocycles. The first-order valence-corrected chi connectivity index (χ1v) is 12.5. The van der Waals surface area contributed by atoms with Crippen molar-refractivity contribution in [2.75, 3.05) is 39.3 Å². The Morgan fingerprint density at radius 2 is 1.77 bits per heavy atom. The molecule has 1 atom stereocenters. The van der Waals surface area contributed by atoms with Crippen LogP contribution in [0.25, 0.3) is 0 Å². The molecule has 6 nitrogen and oxygen atoms in total. The summed E-state index contributed by atoms with van der Waals surface area (Å²) in [6, 6.07) is 14.9. The van der Waals surface area contributed by atoms with Crippen LogP contribution in [0.5, 0.6) is 5.75 Å². The number of ether oxygens (including phenoxy) is 1. The van der Waals surface area contributed by atoms with Crippen LogP contribution in [-0.2, 0) is 4.79 Å². The Morgan fingerprint density at radius 1 is 1.06 bits per heavy atom. The number of nitrogens with zero attached hydrogens (tertiary/aromatic N) is 2. The van der Waals surface area contributed by atoms with E-state index in [4.69, 9.17) is 4.74 Å². The number of hydrogen-bond acceptors (Lipinski definition) is 5. The first kappa shape index (κ1) is 25.6. The average Bonchev–Trinajstić information content (AvgIpc) is 2.99. The van der Waals surface area contributed by atoms with Crippen molar-refractivity contribution in [2.24, 2.45) is 0 Å². The van der Waals surface area contributed by atoms with Crippen LogP contribution >= 0.6 is 0 Å². The summed E-state index contributed by atoms with van der Waals surface area (Å²) in [5, 5.41) is 22.9. The lowest BCUT2D eigenvalue weighted by molar-refractivity contribution is -0.132. The van der Waals surface area contributed by atoms with Gasteiger partial charge in [0.1, 0.15) is 23.8 Å². The van der Waals surface area contributed by atoms with Crippen molar-refractivity contribution in [3.8, 4) is 5.75 Å². The van der Waals surface area contributed by atoms with Crippen LogP contribution in [0.2, 0.25) is 0 Å². The summed E-state index contributed by atoms with van der Waals surface area (Å²) in [5.41, 5.74) is -0.353. The van der Waals surface area contributed by atoms with Gasteiger partial charge in [-0.3, -0.25) is 9.69 Å². The van der Waals surface area contributed by atoms with Crippen molar-refractivity contribution < 1.29 is 24.1 Å². The van der Waals surface area contributed by atoms with E-state index in [0.717, 1.165) is 12.8 Å². The molecule has 35 heavy (non-hydrogen) atoms. The molecule has 1 heterocycles. The van der Waals surface area contributed by atoms with Gasteiger partial charge in [-0.25, -0.2) is 4.39 Å². The molecule has 2 aromatic rings. The summed E-state index contributed by atoms with van der Waals surface area (Å²) in [4.78, 5) is 15.9. The summed E-state index contributed by atoms with van der Waals surface area (Å²) < 4.78 is 19.5. The third-order valence-electron chi connectivity index (χ3n) is 7.48. The summed E-state index contributed by atoms with van der Waals surface area (Å²) in [6.45, 7) is 5.05. The molecule has 1 amide bonds. The molecule has 1 aliphatic heterocycles. The summed E-state index contributed by atoms with van der Waals surface area (Å²) in [7, 11) is 0. The van der Waals surface area contributed by atoms with E-state index in [2.05, 4.69) is 29.2 Å². The van der Waals surface area contributed by atoms with Gasteiger partial charge in [-0.05, 0) is 67.9 Å². The number of halogens is 1. The van der Waals surface area contributed by atoms with Crippen LogP contribution in [0.4, 0.5) is 4.39 Å². The van der Waals surface area contributed by atoms with Gasteiger partial charge in [-0.2, -0.15) is 0 Å². The van der Waals surface area contributed by atoms with E-state index in [1.807, 2.05) is 6.07 Å². The van der Waals surface area contributed by atoms with Gasteiger partial charge in [0.05, 0.1) is 12.1 Å². The van der Waals surface area contributed by atoms with Crippen molar-refractivity contribution in [1.82, 2.24) is 9.80 Å². The molecular formula is C28H37FN2O4. The zero-order valence-electron chi connectivity index (χ0n) is 20.8. The fourth-order valence-electron chi connectivity index (χ4n) is 5.45. The average molecular weight is 485 g/mol. The van der Waals surface area contributed by atoms with E-state index >= 15 is 0 Å². The topological polar surface area (TPSA) is 73.2 Å². The Balaban J connectivity index is 1.41. The van der Waals surface area contributed by atoms with Crippen molar-refractivity contribution in [2.45, 2.75) is 56.7 Å². The van der Waals surface area contributed by atoms with E-state index in [0.29, 0.717) is 49.7 Å².